The van der Waals surface area contributed by atoms with Crippen molar-refractivity contribution in [2.45, 2.75) is 13.8 Å². The van der Waals surface area contributed by atoms with Crippen molar-refractivity contribution in [3.8, 4) is 0 Å². The minimum atomic E-state index is -0.884. The first-order valence-electron chi connectivity index (χ1n) is 7.41. The molecular formula is C16H20N4O2. The first-order valence-corrected chi connectivity index (χ1v) is 7.41. The summed E-state index contributed by atoms with van der Waals surface area (Å²) in [5.41, 5.74) is 4.62. The molecule has 1 aliphatic heterocycles. The average molecular weight is 300 g/mol. The molecule has 2 aromatic rings. The fourth-order valence-corrected chi connectivity index (χ4v) is 3.03. The van der Waals surface area contributed by atoms with Gasteiger partial charge in [0.15, 0.2) is 0 Å². The predicted molar refractivity (Wildman–Crippen MR) is 85.9 cm³/mol. The third-order valence-corrected chi connectivity index (χ3v) is 4.14. The maximum absolute atomic E-state index is 11.1. The van der Waals surface area contributed by atoms with Crippen LogP contribution < -0.4 is 9.80 Å². The Morgan fingerprint density at radius 2 is 1.86 bits per heavy atom. The van der Waals surface area contributed by atoms with Crippen molar-refractivity contribution < 1.29 is 9.90 Å². The van der Waals surface area contributed by atoms with Gasteiger partial charge in [-0.05, 0) is 32.0 Å². The van der Waals surface area contributed by atoms with Crippen LogP contribution in [0.15, 0.2) is 24.3 Å². The van der Waals surface area contributed by atoms with Gasteiger partial charge in [-0.3, -0.25) is 5.10 Å². The third kappa shape index (κ3) is 2.64. The van der Waals surface area contributed by atoms with Gasteiger partial charge in [-0.1, -0.05) is 6.07 Å². The molecule has 1 aromatic carbocycles. The normalized spacial score (nSPS) is 15.2. The average Bonchev–Trinajstić information content (AvgIpc) is 2.86. The highest BCUT2D eigenvalue weighted by molar-refractivity contribution is 5.88. The van der Waals surface area contributed by atoms with Gasteiger partial charge in [-0.2, -0.15) is 5.10 Å². The van der Waals surface area contributed by atoms with Crippen LogP contribution in [0.4, 0.5) is 11.4 Å². The first-order chi connectivity index (χ1) is 10.6. The van der Waals surface area contributed by atoms with Crippen LogP contribution >= 0.6 is 0 Å². The Hall–Kier alpha value is -2.50. The van der Waals surface area contributed by atoms with E-state index in [9.17, 15) is 4.79 Å². The number of piperazine rings is 1. The SMILES string of the molecule is Cc1n[nH]c(C)c1N1CCN(c2cccc(C(=O)O)c2)CC1. The number of hydrogen-bond acceptors (Lipinski definition) is 4. The van der Waals surface area contributed by atoms with Gasteiger partial charge in [0.1, 0.15) is 0 Å². The fraction of sp³-hybridized carbons (Fsp3) is 0.375. The fourth-order valence-electron chi connectivity index (χ4n) is 3.03. The maximum atomic E-state index is 11.1. The van der Waals surface area contributed by atoms with Gasteiger partial charge in [-0.25, -0.2) is 4.79 Å². The summed E-state index contributed by atoms with van der Waals surface area (Å²) < 4.78 is 0. The van der Waals surface area contributed by atoms with E-state index in [1.54, 1.807) is 18.2 Å². The lowest BCUT2D eigenvalue weighted by Crippen LogP contribution is -2.46. The summed E-state index contributed by atoms with van der Waals surface area (Å²) in [5.74, 6) is -0.884. The number of anilines is 2. The number of nitrogens with one attached hydrogen (secondary N) is 1. The molecule has 2 N–H and O–H groups in total. The molecule has 0 bridgehead atoms. The molecule has 1 aliphatic rings. The minimum absolute atomic E-state index is 0.335. The van der Waals surface area contributed by atoms with Crippen LogP contribution in [0, 0.1) is 13.8 Å². The number of aryl methyl sites for hydroxylation is 2. The minimum Gasteiger partial charge on any atom is -0.478 e. The number of carbonyl (C=O) groups is 1. The van der Waals surface area contributed by atoms with E-state index in [1.165, 1.54) is 5.69 Å². The molecule has 1 aromatic heterocycles. The highest BCUT2D eigenvalue weighted by atomic mass is 16.4. The van der Waals surface area contributed by atoms with E-state index in [0.29, 0.717) is 5.56 Å². The van der Waals surface area contributed by atoms with Crippen molar-refractivity contribution in [1.82, 2.24) is 10.2 Å². The Labute approximate surface area is 129 Å². The second-order valence-electron chi connectivity index (χ2n) is 5.61. The standard InChI is InChI=1S/C16H20N4O2/c1-11-15(12(2)18-17-11)20-8-6-19(7-9-20)14-5-3-4-13(10-14)16(21)22/h3-5,10H,6-9H2,1-2H3,(H,17,18)(H,21,22). The monoisotopic (exact) mass is 300 g/mol. The van der Waals surface area contributed by atoms with Gasteiger partial charge in [0.25, 0.3) is 0 Å². The molecule has 0 amide bonds. The summed E-state index contributed by atoms with van der Waals surface area (Å²) in [6.45, 7) is 7.59. The molecule has 0 unspecified atom stereocenters. The van der Waals surface area contributed by atoms with Crippen LogP contribution in [0.2, 0.25) is 0 Å². The third-order valence-electron chi connectivity index (χ3n) is 4.14. The lowest BCUT2D eigenvalue weighted by atomic mass is 10.1. The number of carboxylic acid groups (broad SMARTS) is 1. The lowest BCUT2D eigenvalue weighted by Gasteiger charge is -2.37. The molecule has 0 spiro atoms. The molecule has 3 rings (SSSR count). The lowest BCUT2D eigenvalue weighted by molar-refractivity contribution is 0.0697. The molecule has 1 fully saturated rings. The van der Waals surface area contributed by atoms with E-state index < -0.39 is 5.97 Å². The van der Waals surface area contributed by atoms with Gasteiger partial charge < -0.3 is 14.9 Å². The summed E-state index contributed by atoms with van der Waals surface area (Å²) in [5, 5.41) is 16.4. The largest absolute Gasteiger partial charge is 0.478 e. The number of aromatic carboxylic acids is 1. The number of rotatable bonds is 3. The van der Waals surface area contributed by atoms with E-state index >= 15 is 0 Å². The Kier molecular flexibility index (Phi) is 3.75. The Balaban J connectivity index is 1.72. The molecule has 0 atom stereocenters. The van der Waals surface area contributed by atoms with Crippen LogP contribution in [-0.4, -0.2) is 47.5 Å². The van der Waals surface area contributed by atoms with E-state index in [1.807, 2.05) is 19.9 Å². The van der Waals surface area contributed by atoms with Gasteiger partial charge in [0.05, 0.1) is 22.6 Å². The Bertz CT molecular complexity index is 668. The van der Waals surface area contributed by atoms with Gasteiger partial charge in [-0.15, -0.1) is 0 Å². The van der Waals surface area contributed by atoms with Crippen LogP contribution in [0.5, 0.6) is 0 Å². The number of aromatic nitrogens is 2. The smallest absolute Gasteiger partial charge is 0.335 e. The summed E-state index contributed by atoms with van der Waals surface area (Å²) in [4.78, 5) is 15.7. The predicted octanol–water partition coefficient (Wildman–Crippen LogP) is 2.05. The number of aromatic amines is 1. The van der Waals surface area contributed by atoms with Crippen LogP contribution in [0.25, 0.3) is 0 Å². The number of H-pyrrole nitrogens is 1. The number of carboxylic acids is 1. The topological polar surface area (TPSA) is 72.5 Å². The van der Waals surface area contributed by atoms with Crippen LogP contribution in [0.3, 0.4) is 0 Å². The van der Waals surface area contributed by atoms with Crippen molar-refractivity contribution in [2.24, 2.45) is 0 Å². The number of nitrogens with zero attached hydrogens (tertiary/aromatic N) is 3. The number of benzene rings is 1. The van der Waals surface area contributed by atoms with E-state index in [4.69, 9.17) is 5.11 Å². The Morgan fingerprint density at radius 3 is 2.45 bits per heavy atom. The summed E-state index contributed by atoms with van der Waals surface area (Å²) >= 11 is 0. The van der Waals surface area contributed by atoms with Crippen LogP contribution in [-0.2, 0) is 0 Å². The summed E-state index contributed by atoms with van der Waals surface area (Å²) in [6, 6.07) is 7.14. The molecule has 2 heterocycles. The molecule has 116 valence electrons. The molecule has 6 nitrogen and oxygen atoms in total. The second-order valence-corrected chi connectivity index (χ2v) is 5.61. The molecular weight excluding hydrogens is 280 g/mol. The molecule has 1 saturated heterocycles. The Morgan fingerprint density at radius 1 is 1.18 bits per heavy atom. The second kappa shape index (κ2) is 5.71. The van der Waals surface area contributed by atoms with E-state index in [2.05, 4.69) is 20.0 Å². The van der Waals surface area contributed by atoms with E-state index in [-0.39, 0.29) is 0 Å². The molecule has 0 radical (unpaired) electrons. The first kappa shape index (κ1) is 14.4. The van der Waals surface area contributed by atoms with Crippen molar-refractivity contribution in [2.75, 3.05) is 36.0 Å². The van der Waals surface area contributed by atoms with Crippen molar-refractivity contribution in [3.05, 3.63) is 41.2 Å². The summed E-state index contributed by atoms with van der Waals surface area (Å²) in [6.07, 6.45) is 0. The number of hydrogen-bond donors (Lipinski definition) is 2. The van der Waals surface area contributed by atoms with Crippen molar-refractivity contribution >= 4 is 17.3 Å². The van der Waals surface area contributed by atoms with Crippen LogP contribution in [0.1, 0.15) is 21.7 Å². The molecule has 22 heavy (non-hydrogen) atoms. The highest BCUT2D eigenvalue weighted by Crippen LogP contribution is 2.25. The van der Waals surface area contributed by atoms with Gasteiger partial charge in [0.2, 0.25) is 0 Å². The molecule has 6 heteroatoms. The molecule has 0 saturated carbocycles. The van der Waals surface area contributed by atoms with Crippen molar-refractivity contribution in [3.63, 3.8) is 0 Å². The van der Waals surface area contributed by atoms with Crippen molar-refractivity contribution in [1.29, 1.82) is 0 Å². The van der Waals surface area contributed by atoms with Gasteiger partial charge in [0, 0.05) is 31.9 Å². The highest BCUT2D eigenvalue weighted by Gasteiger charge is 2.21. The molecule has 0 aliphatic carbocycles. The van der Waals surface area contributed by atoms with E-state index in [0.717, 1.165) is 43.3 Å². The quantitative estimate of drug-likeness (QED) is 0.907. The zero-order valence-electron chi connectivity index (χ0n) is 12.8. The summed E-state index contributed by atoms with van der Waals surface area (Å²) in [7, 11) is 0. The zero-order chi connectivity index (χ0) is 15.7. The van der Waals surface area contributed by atoms with Gasteiger partial charge >= 0.3 is 5.97 Å². The zero-order valence-corrected chi connectivity index (χ0v) is 12.8. The maximum Gasteiger partial charge on any atom is 0.335 e.